The lowest BCUT2D eigenvalue weighted by molar-refractivity contribution is -0.136. The van der Waals surface area contributed by atoms with Gasteiger partial charge in [-0.3, -0.25) is 14.3 Å². The number of ether oxygens (including phenoxy) is 1. The zero-order valence-corrected chi connectivity index (χ0v) is 16.3. The van der Waals surface area contributed by atoms with Crippen molar-refractivity contribution in [3.05, 3.63) is 40.0 Å². The molecular formula is C18H18BrN5O4. The summed E-state index contributed by atoms with van der Waals surface area (Å²) in [4.78, 5) is 22.9. The van der Waals surface area contributed by atoms with E-state index < -0.39 is 11.9 Å². The van der Waals surface area contributed by atoms with Crippen molar-refractivity contribution in [1.29, 1.82) is 5.26 Å². The lowest BCUT2D eigenvalue weighted by Gasteiger charge is -2.26. The largest absolute Gasteiger partial charge is 0.481 e. The number of aromatic nitrogens is 2. The average molecular weight is 448 g/mol. The van der Waals surface area contributed by atoms with E-state index in [4.69, 9.17) is 15.6 Å². The summed E-state index contributed by atoms with van der Waals surface area (Å²) in [5.74, 6) is -1.67. The van der Waals surface area contributed by atoms with E-state index in [0.29, 0.717) is 35.4 Å². The standard InChI is InChI=1S/C18H18BrN5O4/c19-14-2-1-12(5-11(14)6-16(25)26)22-18-13(17(21)27)8-24(23-18)15-9-28-4-3-10(15)7-20/h1-2,5,8,10,15H,3-4,6,9H2,(H2,21,27)(H,22,23)(H,25,26). The zero-order valence-electron chi connectivity index (χ0n) is 14.8. The number of benzene rings is 1. The number of nitrogens with zero attached hydrogens (tertiary/aromatic N) is 3. The van der Waals surface area contributed by atoms with Crippen LogP contribution in [0.25, 0.3) is 0 Å². The predicted molar refractivity (Wildman–Crippen MR) is 103 cm³/mol. The van der Waals surface area contributed by atoms with Gasteiger partial charge < -0.3 is 20.9 Å². The van der Waals surface area contributed by atoms with Crippen molar-refractivity contribution in [2.75, 3.05) is 18.5 Å². The van der Waals surface area contributed by atoms with Crippen LogP contribution in [0.3, 0.4) is 0 Å². The number of carboxylic acids is 1. The first-order valence-electron chi connectivity index (χ1n) is 8.52. The lowest BCUT2D eigenvalue weighted by Crippen LogP contribution is -2.29. The van der Waals surface area contributed by atoms with Crippen LogP contribution < -0.4 is 11.1 Å². The highest BCUT2D eigenvalue weighted by molar-refractivity contribution is 9.10. The van der Waals surface area contributed by atoms with Crippen molar-refractivity contribution in [3.63, 3.8) is 0 Å². The number of nitrogens with one attached hydrogen (secondary N) is 1. The van der Waals surface area contributed by atoms with E-state index in [1.54, 1.807) is 18.2 Å². The Bertz CT molecular complexity index is 952. The fourth-order valence-electron chi connectivity index (χ4n) is 3.06. The molecule has 1 saturated heterocycles. The van der Waals surface area contributed by atoms with Crippen LogP contribution in [-0.4, -0.2) is 40.0 Å². The number of nitriles is 1. The summed E-state index contributed by atoms with van der Waals surface area (Å²) in [6.45, 7) is 0.827. The SMILES string of the molecule is N#CC1CCOCC1n1cc(C(N)=O)c(Nc2ccc(Br)c(CC(=O)O)c2)n1. The van der Waals surface area contributed by atoms with Crippen LogP contribution in [0.15, 0.2) is 28.9 Å². The van der Waals surface area contributed by atoms with E-state index in [1.807, 2.05) is 0 Å². The summed E-state index contributed by atoms with van der Waals surface area (Å²) >= 11 is 3.32. The van der Waals surface area contributed by atoms with Gasteiger partial charge in [0, 0.05) is 23.0 Å². The van der Waals surface area contributed by atoms with Gasteiger partial charge in [-0.15, -0.1) is 0 Å². The van der Waals surface area contributed by atoms with Gasteiger partial charge in [-0.05, 0) is 30.2 Å². The van der Waals surface area contributed by atoms with Crippen molar-refractivity contribution in [2.24, 2.45) is 11.7 Å². The molecule has 1 aromatic heterocycles. The Morgan fingerprint density at radius 2 is 2.29 bits per heavy atom. The van der Waals surface area contributed by atoms with E-state index in [9.17, 15) is 14.9 Å². The number of aliphatic carboxylic acids is 1. The maximum Gasteiger partial charge on any atom is 0.307 e. The molecule has 2 unspecified atom stereocenters. The van der Waals surface area contributed by atoms with Crippen LogP contribution in [0.1, 0.15) is 28.4 Å². The maximum absolute atomic E-state index is 11.9. The first kappa shape index (κ1) is 19.9. The van der Waals surface area contributed by atoms with Gasteiger partial charge in [-0.2, -0.15) is 10.4 Å². The Hall–Kier alpha value is -2.90. The van der Waals surface area contributed by atoms with Crippen LogP contribution in [-0.2, 0) is 16.0 Å². The van der Waals surface area contributed by atoms with Crippen molar-refractivity contribution in [2.45, 2.75) is 18.9 Å². The molecule has 2 aromatic rings. The van der Waals surface area contributed by atoms with Gasteiger partial charge in [-0.1, -0.05) is 15.9 Å². The second-order valence-corrected chi connectivity index (χ2v) is 7.26. The Labute approximate surface area is 169 Å². The lowest BCUT2D eigenvalue weighted by atomic mass is 9.97. The second kappa shape index (κ2) is 8.41. The highest BCUT2D eigenvalue weighted by atomic mass is 79.9. The van der Waals surface area contributed by atoms with Crippen LogP contribution >= 0.6 is 15.9 Å². The number of carbonyl (C=O) groups excluding carboxylic acids is 1. The zero-order chi connectivity index (χ0) is 20.3. The predicted octanol–water partition coefficient (Wildman–Crippen LogP) is 2.22. The normalized spacial score (nSPS) is 19.0. The van der Waals surface area contributed by atoms with Crippen LogP contribution in [0, 0.1) is 17.2 Å². The third-order valence-electron chi connectivity index (χ3n) is 4.48. The number of carboxylic acid groups (broad SMARTS) is 1. The topological polar surface area (TPSA) is 143 Å². The minimum Gasteiger partial charge on any atom is -0.481 e. The maximum atomic E-state index is 11.9. The molecule has 2 atom stereocenters. The highest BCUT2D eigenvalue weighted by Crippen LogP contribution is 2.29. The van der Waals surface area contributed by atoms with Gasteiger partial charge in [0.2, 0.25) is 0 Å². The van der Waals surface area contributed by atoms with Crippen molar-refractivity contribution < 1.29 is 19.4 Å². The van der Waals surface area contributed by atoms with Crippen LogP contribution in [0.4, 0.5) is 11.5 Å². The number of hydrogen-bond acceptors (Lipinski definition) is 6. The van der Waals surface area contributed by atoms with E-state index in [2.05, 4.69) is 32.4 Å². The Morgan fingerprint density at radius 1 is 1.50 bits per heavy atom. The van der Waals surface area contributed by atoms with Crippen LogP contribution in [0.5, 0.6) is 0 Å². The average Bonchev–Trinajstić information content (AvgIpc) is 3.08. The number of carbonyl (C=O) groups is 2. The number of primary amides is 1. The van der Waals surface area contributed by atoms with Gasteiger partial charge in [0.15, 0.2) is 5.82 Å². The quantitative estimate of drug-likeness (QED) is 0.615. The molecule has 0 bridgehead atoms. The number of amides is 1. The summed E-state index contributed by atoms with van der Waals surface area (Å²) in [5, 5.41) is 25.8. The Balaban J connectivity index is 1.92. The number of nitrogens with two attached hydrogens (primary N) is 1. The number of hydrogen-bond donors (Lipinski definition) is 3. The first-order valence-corrected chi connectivity index (χ1v) is 9.32. The fourth-order valence-corrected chi connectivity index (χ4v) is 3.44. The molecule has 4 N–H and O–H groups in total. The van der Waals surface area contributed by atoms with E-state index in [1.165, 1.54) is 10.9 Å². The third kappa shape index (κ3) is 4.32. The molecule has 1 amide bonds. The minimum atomic E-state index is -0.959. The van der Waals surface area contributed by atoms with Crippen molar-refractivity contribution in [3.8, 4) is 6.07 Å². The van der Waals surface area contributed by atoms with Crippen LogP contribution in [0.2, 0.25) is 0 Å². The molecule has 3 rings (SSSR count). The molecule has 10 heteroatoms. The molecule has 0 radical (unpaired) electrons. The minimum absolute atomic E-state index is 0.156. The number of halogens is 1. The van der Waals surface area contributed by atoms with Crippen molar-refractivity contribution >= 4 is 39.3 Å². The van der Waals surface area contributed by atoms with E-state index >= 15 is 0 Å². The van der Waals surface area contributed by atoms with Gasteiger partial charge >= 0.3 is 5.97 Å². The Kier molecular flexibility index (Phi) is 5.96. The molecule has 1 fully saturated rings. The van der Waals surface area contributed by atoms with E-state index in [-0.39, 0.29) is 29.8 Å². The van der Waals surface area contributed by atoms with E-state index in [0.717, 1.165) is 0 Å². The summed E-state index contributed by atoms with van der Waals surface area (Å²) in [6.07, 6.45) is 1.93. The third-order valence-corrected chi connectivity index (χ3v) is 5.25. The van der Waals surface area contributed by atoms with Gasteiger partial charge in [0.05, 0.1) is 31.1 Å². The summed E-state index contributed by atoms with van der Waals surface area (Å²) < 4.78 is 7.65. The molecule has 0 spiro atoms. The molecule has 2 heterocycles. The summed E-state index contributed by atoms with van der Waals surface area (Å²) in [6, 6.07) is 7.02. The molecule has 1 aliphatic heterocycles. The van der Waals surface area contributed by atoms with Crippen molar-refractivity contribution in [1.82, 2.24) is 9.78 Å². The molecular weight excluding hydrogens is 430 g/mol. The molecule has 9 nitrogen and oxygen atoms in total. The summed E-state index contributed by atoms with van der Waals surface area (Å²) in [7, 11) is 0. The molecule has 1 aromatic carbocycles. The molecule has 1 aliphatic rings. The molecule has 146 valence electrons. The first-order chi connectivity index (χ1) is 13.4. The number of anilines is 2. The fraction of sp³-hybridized carbons (Fsp3) is 0.333. The summed E-state index contributed by atoms with van der Waals surface area (Å²) in [5.41, 5.74) is 6.79. The molecule has 0 aliphatic carbocycles. The molecule has 0 saturated carbocycles. The smallest absolute Gasteiger partial charge is 0.307 e. The second-order valence-electron chi connectivity index (χ2n) is 6.40. The van der Waals surface area contributed by atoms with Gasteiger partial charge in [0.1, 0.15) is 5.56 Å². The number of rotatable bonds is 6. The molecule has 28 heavy (non-hydrogen) atoms. The Morgan fingerprint density at radius 3 is 2.96 bits per heavy atom. The van der Waals surface area contributed by atoms with Gasteiger partial charge in [0.25, 0.3) is 5.91 Å². The van der Waals surface area contributed by atoms with Gasteiger partial charge in [-0.25, -0.2) is 0 Å². The highest BCUT2D eigenvalue weighted by Gasteiger charge is 2.29. The monoisotopic (exact) mass is 447 g/mol.